The van der Waals surface area contributed by atoms with Crippen molar-refractivity contribution >= 4 is 5.97 Å². The minimum Gasteiger partial charge on any atom is -0.458 e. The molecular weight excluding hydrogens is 269 g/mol. The minimum absolute atomic E-state index is 0.197. The minimum atomic E-state index is -3.45. The van der Waals surface area contributed by atoms with Gasteiger partial charge in [0.1, 0.15) is 11.9 Å². The van der Waals surface area contributed by atoms with E-state index in [0.717, 1.165) is 5.56 Å². The molecule has 0 saturated heterocycles. The van der Waals surface area contributed by atoms with E-state index in [1.165, 1.54) is 12.1 Å². The highest BCUT2D eigenvalue weighted by molar-refractivity contribution is 5.77. The molecule has 0 spiro atoms. The van der Waals surface area contributed by atoms with E-state index in [1.54, 1.807) is 6.07 Å². The highest BCUT2D eigenvalue weighted by atomic mass is 19.3. The Balaban J connectivity index is 1.88. The maximum Gasteiger partial charge on any atom is 0.376 e. The molecule has 0 amide bonds. The molecule has 1 saturated carbocycles. The number of halogens is 3. The van der Waals surface area contributed by atoms with Crippen molar-refractivity contribution in [2.75, 3.05) is 0 Å². The normalized spacial score (nSPS) is 23.4. The molecule has 5 heteroatoms. The number of alkyl halides is 2. The molecule has 0 aliphatic heterocycles. The van der Waals surface area contributed by atoms with Crippen molar-refractivity contribution < 1.29 is 22.7 Å². The Hall–Kier alpha value is -1.52. The van der Waals surface area contributed by atoms with Gasteiger partial charge in [-0.25, -0.2) is 9.18 Å². The molecule has 0 radical (unpaired) electrons. The van der Waals surface area contributed by atoms with E-state index in [9.17, 15) is 18.0 Å². The summed E-state index contributed by atoms with van der Waals surface area (Å²) in [7, 11) is 0. The summed E-state index contributed by atoms with van der Waals surface area (Å²) in [5, 5.41) is 0. The number of esters is 1. The molecule has 0 N–H and O–H groups in total. The van der Waals surface area contributed by atoms with Crippen LogP contribution in [0.25, 0.3) is 0 Å². The molecule has 20 heavy (non-hydrogen) atoms. The van der Waals surface area contributed by atoms with Crippen LogP contribution in [0.2, 0.25) is 0 Å². The number of hydrogen-bond acceptors (Lipinski definition) is 2. The summed E-state index contributed by atoms with van der Waals surface area (Å²) in [5.41, 5.74) is 0.913. The molecular formula is C15H17F3O2. The quantitative estimate of drug-likeness (QED) is 0.784. The van der Waals surface area contributed by atoms with E-state index in [2.05, 4.69) is 0 Å². The zero-order chi connectivity index (χ0) is 14.8. The van der Waals surface area contributed by atoms with Crippen LogP contribution in [0, 0.1) is 5.82 Å². The zero-order valence-electron chi connectivity index (χ0n) is 11.2. The van der Waals surface area contributed by atoms with Crippen LogP contribution in [0.5, 0.6) is 0 Å². The first-order valence-corrected chi connectivity index (χ1v) is 6.70. The van der Waals surface area contributed by atoms with Crippen molar-refractivity contribution in [3.05, 3.63) is 35.6 Å². The summed E-state index contributed by atoms with van der Waals surface area (Å²) in [5.74, 6) is -4.99. The first-order valence-electron chi connectivity index (χ1n) is 6.70. The lowest BCUT2D eigenvalue weighted by Gasteiger charge is -2.29. The SMILES string of the molecule is CC(F)(F)C(=O)OC1CCC(c2cccc(F)c2)CC1. The average Bonchev–Trinajstić information content (AvgIpc) is 2.38. The maximum absolute atomic E-state index is 13.1. The van der Waals surface area contributed by atoms with Gasteiger partial charge < -0.3 is 4.74 Å². The summed E-state index contributed by atoms with van der Waals surface area (Å²) < 4.78 is 43.4. The third-order valence-electron chi connectivity index (χ3n) is 3.63. The van der Waals surface area contributed by atoms with Crippen LogP contribution in [0.1, 0.15) is 44.1 Å². The van der Waals surface area contributed by atoms with Gasteiger partial charge >= 0.3 is 11.9 Å². The van der Waals surface area contributed by atoms with Crippen LogP contribution in [-0.2, 0) is 9.53 Å². The van der Waals surface area contributed by atoms with Crippen molar-refractivity contribution in [2.24, 2.45) is 0 Å². The van der Waals surface area contributed by atoms with Crippen LogP contribution in [0.15, 0.2) is 24.3 Å². The predicted molar refractivity (Wildman–Crippen MR) is 68.1 cm³/mol. The second-order valence-corrected chi connectivity index (χ2v) is 5.32. The van der Waals surface area contributed by atoms with E-state index < -0.39 is 18.0 Å². The smallest absolute Gasteiger partial charge is 0.376 e. The number of carbonyl (C=O) groups excluding carboxylic acids is 1. The lowest BCUT2D eigenvalue weighted by Crippen LogP contribution is -2.32. The van der Waals surface area contributed by atoms with E-state index in [-0.39, 0.29) is 11.7 Å². The monoisotopic (exact) mass is 286 g/mol. The van der Waals surface area contributed by atoms with E-state index in [1.807, 2.05) is 6.07 Å². The van der Waals surface area contributed by atoms with Crippen LogP contribution >= 0.6 is 0 Å². The second-order valence-electron chi connectivity index (χ2n) is 5.32. The molecule has 2 rings (SSSR count). The molecule has 0 atom stereocenters. The predicted octanol–water partition coefficient (Wildman–Crippen LogP) is 4.05. The van der Waals surface area contributed by atoms with Crippen molar-refractivity contribution in [3.8, 4) is 0 Å². The van der Waals surface area contributed by atoms with Crippen molar-refractivity contribution in [1.29, 1.82) is 0 Å². The fraction of sp³-hybridized carbons (Fsp3) is 0.533. The van der Waals surface area contributed by atoms with E-state index in [4.69, 9.17) is 4.74 Å². The number of carbonyl (C=O) groups is 1. The van der Waals surface area contributed by atoms with Gasteiger partial charge in [-0.15, -0.1) is 0 Å². The summed E-state index contributed by atoms with van der Waals surface area (Å²) in [4.78, 5) is 11.1. The molecule has 0 bridgehead atoms. The molecule has 1 aromatic rings. The van der Waals surface area contributed by atoms with Gasteiger partial charge in [0.25, 0.3) is 0 Å². The summed E-state index contributed by atoms with van der Waals surface area (Å²) in [6, 6.07) is 6.41. The fourth-order valence-corrected chi connectivity index (χ4v) is 2.53. The highest BCUT2D eigenvalue weighted by Crippen LogP contribution is 2.34. The van der Waals surface area contributed by atoms with Gasteiger partial charge in [-0.3, -0.25) is 0 Å². The van der Waals surface area contributed by atoms with Gasteiger partial charge in [-0.2, -0.15) is 8.78 Å². The molecule has 110 valence electrons. The van der Waals surface area contributed by atoms with Gasteiger partial charge in [0.05, 0.1) is 0 Å². The first-order chi connectivity index (χ1) is 9.36. The number of ether oxygens (including phenoxy) is 1. The second kappa shape index (κ2) is 5.85. The van der Waals surface area contributed by atoms with Crippen LogP contribution in [0.4, 0.5) is 13.2 Å². The standard InChI is InChI=1S/C15H17F3O2/c1-15(17,18)14(19)20-13-7-5-10(6-8-13)11-3-2-4-12(16)9-11/h2-4,9-10,13H,5-8H2,1H3. The van der Waals surface area contributed by atoms with E-state index >= 15 is 0 Å². The highest BCUT2D eigenvalue weighted by Gasteiger charge is 2.37. The topological polar surface area (TPSA) is 26.3 Å². The fourth-order valence-electron chi connectivity index (χ4n) is 2.53. The molecule has 0 aromatic heterocycles. The van der Waals surface area contributed by atoms with Gasteiger partial charge in [-0.1, -0.05) is 12.1 Å². The molecule has 1 aliphatic carbocycles. The van der Waals surface area contributed by atoms with Gasteiger partial charge in [-0.05, 0) is 49.3 Å². The largest absolute Gasteiger partial charge is 0.458 e. The molecule has 1 fully saturated rings. The Morgan fingerprint density at radius 3 is 2.45 bits per heavy atom. The summed E-state index contributed by atoms with van der Waals surface area (Å²) in [6.07, 6.45) is 2.01. The summed E-state index contributed by atoms with van der Waals surface area (Å²) in [6.45, 7) is 0.535. The average molecular weight is 286 g/mol. The Morgan fingerprint density at radius 1 is 1.25 bits per heavy atom. The summed E-state index contributed by atoms with van der Waals surface area (Å²) >= 11 is 0. The van der Waals surface area contributed by atoms with Crippen LogP contribution in [0.3, 0.4) is 0 Å². The maximum atomic E-state index is 13.1. The van der Waals surface area contributed by atoms with Gasteiger partial charge in [0.15, 0.2) is 0 Å². The molecule has 0 unspecified atom stereocenters. The van der Waals surface area contributed by atoms with Crippen LogP contribution < -0.4 is 0 Å². The third kappa shape index (κ3) is 3.74. The zero-order valence-corrected chi connectivity index (χ0v) is 11.2. The van der Waals surface area contributed by atoms with Crippen molar-refractivity contribution in [2.45, 2.75) is 50.6 Å². The van der Waals surface area contributed by atoms with Gasteiger partial charge in [0, 0.05) is 6.92 Å². The Kier molecular flexibility index (Phi) is 4.35. The molecule has 0 heterocycles. The number of hydrogen-bond donors (Lipinski definition) is 0. The van der Waals surface area contributed by atoms with Crippen molar-refractivity contribution in [3.63, 3.8) is 0 Å². The molecule has 1 aliphatic rings. The number of benzene rings is 1. The number of rotatable bonds is 3. The first kappa shape index (κ1) is 14.9. The third-order valence-corrected chi connectivity index (χ3v) is 3.63. The van der Waals surface area contributed by atoms with Gasteiger partial charge in [0.2, 0.25) is 0 Å². The Labute approximate surface area is 115 Å². The lowest BCUT2D eigenvalue weighted by atomic mass is 9.83. The Bertz CT molecular complexity index is 474. The van der Waals surface area contributed by atoms with Crippen LogP contribution in [-0.4, -0.2) is 18.0 Å². The Morgan fingerprint density at radius 2 is 1.90 bits per heavy atom. The van der Waals surface area contributed by atoms with E-state index in [0.29, 0.717) is 32.6 Å². The lowest BCUT2D eigenvalue weighted by molar-refractivity contribution is -0.176. The van der Waals surface area contributed by atoms with Crippen molar-refractivity contribution in [1.82, 2.24) is 0 Å². The molecule has 2 nitrogen and oxygen atoms in total. The molecule has 1 aromatic carbocycles.